The van der Waals surface area contributed by atoms with E-state index in [0.29, 0.717) is 5.76 Å². The summed E-state index contributed by atoms with van der Waals surface area (Å²) in [5.41, 5.74) is 2.69. The SMILES string of the molecule is CNC(=O)Cn1nc(C(=O)N(C)Cc2cc(-c3ccccc3)no2)cc1C. The van der Waals surface area contributed by atoms with Gasteiger partial charge in [-0.1, -0.05) is 35.5 Å². The molecule has 0 fully saturated rings. The summed E-state index contributed by atoms with van der Waals surface area (Å²) in [6, 6.07) is 13.2. The standard InChI is InChI=1S/C19H21N5O3/c1-13-9-17(21-24(13)12-18(25)20-2)19(26)23(3)11-15-10-16(22-27-15)14-7-5-4-6-8-14/h4-10H,11-12H2,1-3H3,(H,20,25). The van der Waals surface area contributed by atoms with E-state index in [1.807, 2.05) is 36.4 Å². The maximum atomic E-state index is 12.6. The molecule has 8 heteroatoms. The Hall–Kier alpha value is -3.42. The first kappa shape index (κ1) is 18.4. The molecule has 0 aliphatic heterocycles. The molecule has 2 amide bonds. The summed E-state index contributed by atoms with van der Waals surface area (Å²) in [5.74, 6) is 0.140. The molecule has 140 valence electrons. The monoisotopic (exact) mass is 367 g/mol. The van der Waals surface area contributed by atoms with Gasteiger partial charge in [0.15, 0.2) is 11.5 Å². The number of rotatable bonds is 6. The molecule has 0 spiro atoms. The number of carbonyl (C=O) groups is 2. The van der Waals surface area contributed by atoms with E-state index < -0.39 is 0 Å². The highest BCUT2D eigenvalue weighted by Gasteiger charge is 2.19. The summed E-state index contributed by atoms with van der Waals surface area (Å²) < 4.78 is 6.85. The predicted octanol–water partition coefficient (Wildman–Crippen LogP) is 1.86. The normalized spacial score (nSPS) is 10.6. The van der Waals surface area contributed by atoms with Crippen molar-refractivity contribution in [3.63, 3.8) is 0 Å². The molecule has 1 aromatic carbocycles. The number of aryl methyl sites for hydroxylation is 1. The van der Waals surface area contributed by atoms with Gasteiger partial charge in [-0.2, -0.15) is 5.10 Å². The molecule has 0 aliphatic rings. The average molecular weight is 367 g/mol. The molecule has 2 heterocycles. The van der Waals surface area contributed by atoms with Crippen LogP contribution in [-0.2, 0) is 17.9 Å². The largest absolute Gasteiger partial charge is 0.359 e. The highest BCUT2D eigenvalue weighted by atomic mass is 16.5. The molecule has 0 aliphatic carbocycles. The fourth-order valence-corrected chi connectivity index (χ4v) is 2.62. The first-order valence-corrected chi connectivity index (χ1v) is 8.49. The van der Waals surface area contributed by atoms with Gasteiger partial charge in [0, 0.05) is 31.4 Å². The summed E-state index contributed by atoms with van der Waals surface area (Å²) in [5, 5.41) is 10.8. The van der Waals surface area contributed by atoms with Crippen LogP contribution in [0, 0.1) is 6.92 Å². The van der Waals surface area contributed by atoms with Crippen molar-refractivity contribution in [1.82, 2.24) is 25.2 Å². The number of hydrogen-bond acceptors (Lipinski definition) is 5. The first-order valence-electron chi connectivity index (χ1n) is 8.49. The van der Waals surface area contributed by atoms with Crippen LogP contribution >= 0.6 is 0 Å². The van der Waals surface area contributed by atoms with Gasteiger partial charge in [-0.25, -0.2) is 0 Å². The van der Waals surface area contributed by atoms with Crippen molar-refractivity contribution in [2.24, 2.45) is 0 Å². The fraction of sp³-hybridized carbons (Fsp3) is 0.263. The van der Waals surface area contributed by atoms with Crippen LogP contribution in [0.2, 0.25) is 0 Å². The third-order valence-electron chi connectivity index (χ3n) is 4.14. The molecule has 0 saturated heterocycles. The summed E-state index contributed by atoms with van der Waals surface area (Å²) in [7, 11) is 3.22. The highest BCUT2D eigenvalue weighted by molar-refractivity contribution is 5.92. The number of nitrogens with zero attached hydrogens (tertiary/aromatic N) is 4. The summed E-state index contributed by atoms with van der Waals surface area (Å²) >= 11 is 0. The van der Waals surface area contributed by atoms with E-state index >= 15 is 0 Å². The molecule has 3 aromatic rings. The Balaban J connectivity index is 1.69. The number of nitrogens with one attached hydrogen (secondary N) is 1. The van der Waals surface area contributed by atoms with Crippen LogP contribution in [0.3, 0.4) is 0 Å². The van der Waals surface area contributed by atoms with Crippen molar-refractivity contribution in [2.45, 2.75) is 20.0 Å². The van der Waals surface area contributed by atoms with Gasteiger partial charge < -0.3 is 14.7 Å². The Morgan fingerprint density at radius 3 is 2.67 bits per heavy atom. The number of benzene rings is 1. The molecule has 8 nitrogen and oxygen atoms in total. The third kappa shape index (κ3) is 4.22. The topological polar surface area (TPSA) is 93.3 Å². The van der Waals surface area contributed by atoms with Crippen molar-refractivity contribution in [1.29, 1.82) is 0 Å². The van der Waals surface area contributed by atoms with Gasteiger partial charge >= 0.3 is 0 Å². The molecule has 3 rings (SSSR count). The van der Waals surface area contributed by atoms with Crippen LogP contribution in [0.25, 0.3) is 11.3 Å². The lowest BCUT2D eigenvalue weighted by Crippen LogP contribution is -2.27. The zero-order chi connectivity index (χ0) is 19.4. The quantitative estimate of drug-likeness (QED) is 0.718. The lowest BCUT2D eigenvalue weighted by molar-refractivity contribution is -0.121. The van der Waals surface area contributed by atoms with E-state index in [1.165, 1.54) is 9.58 Å². The van der Waals surface area contributed by atoms with Gasteiger partial charge in [0.25, 0.3) is 5.91 Å². The number of carbonyl (C=O) groups excluding carboxylic acids is 2. The molecule has 0 unspecified atom stereocenters. The lowest BCUT2D eigenvalue weighted by Gasteiger charge is -2.13. The lowest BCUT2D eigenvalue weighted by atomic mass is 10.1. The fourth-order valence-electron chi connectivity index (χ4n) is 2.62. The molecule has 1 N–H and O–H groups in total. The second kappa shape index (κ2) is 7.86. The maximum Gasteiger partial charge on any atom is 0.274 e. The van der Waals surface area contributed by atoms with Gasteiger partial charge in [0.2, 0.25) is 5.91 Å². The molecule has 0 bridgehead atoms. The number of amides is 2. The summed E-state index contributed by atoms with van der Waals surface area (Å²) in [6.07, 6.45) is 0. The van der Waals surface area contributed by atoms with Crippen LogP contribution in [0.1, 0.15) is 21.9 Å². The zero-order valence-corrected chi connectivity index (χ0v) is 15.5. The van der Waals surface area contributed by atoms with E-state index in [2.05, 4.69) is 15.6 Å². The Morgan fingerprint density at radius 2 is 1.96 bits per heavy atom. The maximum absolute atomic E-state index is 12.6. The first-order chi connectivity index (χ1) is 13.0. The second-order valence-corrected chi connectivity index (χ2v) is 6.21. The number of hydrogen-bond donors (Lipinski definition) is 1. The van der Waals surface area contributed by atoms with Crippen LogP contribution < -0.4 is 5.32 Å². The van der Waals surface area contributed by atoms with E-state index in [0.717, 1.165) is 17.0 Å². The van der Waals surface area contributed by atoms with Gasteiger partial charge in [-0.05, 0) is 13.0 Å². The minimum absolute atomic E-state index is 0.0713. The Bertz CT molecular complexity index is 945. The molecule has 0 atom stereocenters. The van der Waals surface area contributed by atoms with E-state index in [1.54, 1.807) is 27.1 Å². The van der Waals surface area contributed by atoms with Gasteiger partial charge in [0.1, 0.15) is 12.2 Å². The van der Waals surface area contributed by atoms with Crippen LogP contribution in [-0.4, -0.2) is 45.7 Å². The minimum Gasteiger partial charge on any atom is -0.359 e. The minimum atomic E-state index is -0.258. The highest BCUT2D eigenvalue weighted by Crippen LogP contribution is 2.19. The van der Waals surface area contributed by atoms with Crippen molar-refractivity contribution in [2.75, 3.05) is 14.1 Å². The average Bonchev–Trinajstić information content (AvgIpc) is 3.28. The molecule has 2 aromatic heterocycles. The number of aromatic nitrogens is 3. The molecular formula is C19H21N5O3. The summed E-state index contributed by atoms with van der Waals surface area (Å²) in [4.78, 5) is 25.7. The molecule has 27 heavy (non-hydrogen) atoms. The Kier molecular flexibility index (Phi) is 5.35. The third-order valence-corrected chi connectivity index (χ3v) is 4.14. The van der Waals surface area contributed by atoms with Gasteiger partial charge in [-0.15, -0.1) is 0 Å². The van der Waals surface area contributed by atoms with Crippen LogP contribution in [0.4, 0.5) is 0 Å². The zero-order valence-electron chi connectivity index (χ0n) is 15.5. The molecular weight excluding hydrogens is 346 g/mol. The second-order valence-electron chi connectivity index (χ2n) is 6.21. The molecule has 0 saturated carbocycles. The van der Waals surface area contributed by atoms with Crippen LogP contribution in [0.15, 0.2) is 47.0 Å². The van der Waals surface area contributed by atoms with E-state index in [-0.39, 0.29) is 30.6 Å². The van der Waals surface area contributed by atoms with E-state index in [9.17, 15) is 9.59 Å². The predicted molar refractivity (Wildman–Crippen MR) is 98.8 cm³/mol. The Morgan fingerprint density at radius 1 is 1.22 bits per heavy atom. The van der Waals surface area contributed by atoms with Gasteiger partial charge in [0.05, 0.1) is 6.54 Å². The van der Waals surface area contributed by atoms with Crippen molar-refractivity contribution in [3.8, 4) is 11.3 Å². The molecule has 0 radical (unpaired) electrons. The van der Waals surface area contributed by atoms with E-state index in [4.69, 9.17) is 4.52 Å². The van der Waals surface area contributed by atoms with Crippen LogP contribution in [0.5, 0.6) is 0 Å². The smallest absolute Gasteiger partial charge is 0.274 e. The van der Waals surface area contributed by atoms with Crippen molar-refractivity contribution < 1.29 is 14.1 Å². The van der Waals surface area contributed by atoms with Crippen molar-refractivity contribution in [3.05, 3.63) is 59.6 Å². The Labute approximate surface area is 156 Å². The van der Waals surface area contributed by atoms with Crippen molar-refractivity contribution >= 4 is 11.8 Å². The number of likely N-dealkylation sites (N-methyl/N-ethyl adjacent to an activating group) is 1. The van der Waals surface area contributed by atoms with Gasteiger partial charge in [-0.3, -0.25) is 14.3 Å². The summed E-state index contributed by atoms with van der Waals surface area (Å²) in [6.45, 7) is 2.14.